The molecule has 23 heavy (non-hydrogen) atoms. The SMILES string of the molecule is O=C1CCC(C(=O)NCC2CCN(C(=O)c3cccs3)CC2)N1. The Morgan fingerprint density at radius 2 is 2.09 bits per heavy atom. The van der Waals surface area contributed by atoms with Gasteiger partial charge >= 0.3 is 0 Å². The molecule has 2 N–H and O–H groups in total. The number of likely N-dealkylation sites (tertiary alicyclic amines) is 1. The van der Waals surface area contributed by atoms with Crippen LogP contribution in [0.25, 0.3) is 0 Å². The summed E-state index contributed by atoms with van der Waals surface area (Å²) in [6, 6.07) is 3.37. The van der Waals surface area contributed by atoms with Crippen LogP contribution < -0.4 is 10.6 Å². The van der Waals surface area contributed by atoms with Gasteiger partial charge in [-0.3, -0.25) is 14.4 Å². The maximum absolute atomic E-state index is 12.3. The van der Waals surface area contributed by atoms with E-state index in [-0.39, 0.29) is 23.8 Å². The van der Waals surface area contributed by atoms with Gasteiger partial charge in [0.1, 0.15) is 6.04 Å². The number of rotatable bonds is 4. The number of carbonyl (C=O) groups is 3. The highest BCUT2D eigenvalue weighted by molar-refractivity contribution is 7.12. The van der Waals surface area contributed by atoms with Crippen LogP contribution in [0.5, 0.6) is 0 Å². The maximum Gasteiger partial charge on any atom is 0.263 e. The molecule has 3 amide bonds. The largest absolute Gasteiger partial charge is 0.354 e. The van der Waals surface area contributed by atoms with E-state index >= 15 is 0 Å². The number of hydrogen-bond donors (Lipinski definition) is 2. The summed E-state index contributed by atoms with van der Waals surface area (Å²) >= 11 is 1.47. The smallest absolute Gasteiger partial charge is 0.263 e. The summed E-state index contributed by atoms with van der Waals surface area (Å²) in [6.45, 7) is 2.08. The van der Waals surface area contributed by atoms with Crippen molar-refractivity contribution in [3.05, 3.63) is 22.4 Å². The van der Waals surface area contributed by atoms with Crippen LogP contribution >= 0.6 is 11.3 Å². The molecule has 1 unspecified atom stereocenters. The third-order valence-electron chi connectivity index (χ3n) is 4.51. The first-order valence-electron chi connectivity index (χ1n) is 8.03. The molecule has 2 fully saturated rings. The third-order valence-corrected chi connectivity index (χ3v) is 5.37. The molecule has 6 nitrogen and oxygen atoms in total. The molecule has 0 aromatic carbocycles. The van der Waals surface area contributed by atoms with Crippen LogP contribution in [0.3, 0.4) is 0 Å². The minimum atomic E-state index is -0.372. The third kappa shape index (κ3) is 3.90. The summed E-state index contributed by atoms with van der Waals surface area (Å²) in [4.78, 5) is 38.0. The number of hydrogen-bond acceptors (Lipinski definition) is 4. The lowest BCUT2D eigenvalue weighted by Crippen LogP contribution is -2.45. The van der Waals surface area contributed by atoms with E-state index in [9.17, 15) is 14.4 Å². The first kappa shape index (κ1) is 16.0. The van der Waals surface area contributed by atoms with Gasteiger partial charge in [0.25, 0.3) is 5.91 Å². The maximum atomic E-state index is 12.3. The number of amides is 3. The monoisotopic (exact) mass is 335 g/mol. The highest BCUT2D eigenvalue weighted by Crippen LogP contribution is 2.20. The fourth-order valence-corrected chi connectivity index (χ4v) is 3.77. The van der Waals surface area contributed by atoms with Gasteiger partial charge < -0.3 is 15.5 Å². The number of piperidine rings is 1. The Kier molecular flexibility index (Phi) is 4.95. The van der Waals surface area contributed by atoms with Crippen LogP contribution in [0.2, 0.25) is 0 Å². The van der Waals surface area contributed by atoms with Gasteiger partial charge in [0.05, 0.1) is 4.88 Å². The van der Waals surface area contributed by atoms with Gasteiger partial charge in [-0.1, -0.05) is 6.07 Å². The van der Waals surface area contributed by atoms with Crippen LogP contribution in [-0.4, -0.2) is 48.3 Å². The first-order valence-corrected chi connectivity index (χ1v) is 8.91. The molecule has 1 aromatic rings. The standard InChI is InChI=1S/C16H21N3O3S/c20-14-4-3-12(18-14)15(21)17-10-11-5-7-19(8-6-11)16(22)13-2-1-9-23-13/h1-2,9,11-12H,3-8,10H2,(H,17,21)(H,18,20). The van der Waals surface area contributed by atoms with E-state index in [1.807, 2.05) is 22.4 Å². The second-order valence-electron chi connectivity index (χ2n) is 6.12. The molecule has 2 saturated heterocycles. The van der Waals surface area contributed by atoms with E-state index in [0.717, 1.165) is 30.8 Å². The van der Waals surface area contributed by atoms with E-state index in [2.05, 4.69) is 10.6 Å². The topological polar surface area (TPSA) is 78.5 Å². The van der Waals surface area contributed by atoms with Crippen LogP contribution in [0.15, 0.2) is 17.5 Å². The summed E-state index contributed by atoms with van der Waals surface area (Å²) in [5.74, 6) is 0.359. The van der Waals surface area contributed by atoms with Crippen molar-refractivity contribution < 1.29 is 14.4 Å². The highest BCUT2D eigenvalue weighted by atomic mass is 32.1. The van der Waals surface area contributed by atoms with Gasteiger partial charge in [0, 0.05) is 26.1 Å². The molecule has 1 aromatic heterocycles. The summed E-state index contributed by atoms with van der Waals surface area (Å²) in [5, 5.41) is 7.52. The number of thiophene rings is 1. The molecule has 0 radical (unpaired) electrons. The van der Waals surface area contributed by atoms with Gasteiger partial charge in [-0.2, -0.15) is 0 Å². The van der Waals surface area contributed by atoms with Gasteiger partial charge in [0.15, 0.2) is 0 Å². The summed E-state index contributed by atoms with van der Waals surface area (Å²) < 4.78 is 0. The van der Waals surface area contributed by atoms with Crippen molar-refractivity contribution in [2.75, 3.05) is 19.6 Å². The fraction of sp³-hybridized carbons (Fsp3) is 0.562. The lowest BCUT2D eigenvalue weighted by atomic mass is 9.96. The van der Waals surface area contributed by atoms with E-state index in [1.54, 1.807) is 0 Å². The molecule has 2 aliphatic rings. The molecule has 0 saturated carbocycles. The normalized spacial score (nSPS) is 22.0. The molecule has 0 spiro atoms. The fourth-order valence-electron chi connectivity index (χ4n) is 3.08. The summed E-state index contributed by atoms with van der Waals surface area (Å²) in [5.41, 5.74) is 0. The summed E-state index contributed by atoms with van der Waals surface area (Å²) in [6.07, 6.45) is 2.81. The number of carbonyl (C=O) groups excluding carboxylic acids is 3. The van der Waals surface area contributed by atoms with Crippen molar-refractivity contribution in [3.63, 3.8) is 0 Å². The quantitative estimate of drug-likeness (QED) is 0.861. The molecule has 1 atom stereocenters. The highest BCUT2D eigenvalue weighted by Gasteiger charge is 2.28. The van der Waals surface area contributed by atoms with Crippen molar-refractivity contribution >= 4 is 29.1 Å². The molecule has 7 heteroatoms. The predicted molar refractivity (Wildman–Crippen MR) is 87.1 cm³/mol. The van der Waals surface area contributed by atoms with E-state index < -0.39 is 0 Å². The lowest BCUT2D eigenvalue weighted by Gasteiger charge is -2.32. The second-order valence-corrected chi connectivity index (χ2v) is 7.06. The van der Waals surface area contributed by atoms with Crippen molar-refractivity contribution in [1.29, 1.82) is 0 Å². The molecule has 124 valence electrons. The van der Waals surface area contributed by atoms with Crippen LogP contribution in [-0.2, 0) is 9.59 Å². The van der Waals surface area contributed by atoms with Crippen LogP contribution in [0, 0.1) is 5.92 Å². The van der Waals surface area contributed by atoms with Gasteiger partial charge in [-0.05, 0) is 36.6 Å². The zero-order chi connectivity index (χ0) is 16.2. The van der Waals surface area contributed by atoms with Crippen molar-refractivity contribution in [2.45, 2.75) is 31.7 Å². The Morgan fingerprint density at radius 3 is 2.70 bits per heavy atom. The first-order chi connectivity index (χ1) is 11.1. The molecular weight excluding hydrogens is 314 g/mol. The lowest BCUT2D eigenvalue weighted by molar-refractivity contribution is -0.125. The molecule has 2 aliphatic heterocycles. The Bertz CT molecular complexity index is 579. The Morgan fingerprint density at radius 1 is 1.30 bits per heavy atom. The minimum absolute atomic E-state index is 0.0504. The molecule has 0 aliphatic carbocycles. The summed E-state index contributed by atoms with van der Waals surface area (Å²) in [7, 11) is 0. The minimum Gasteiger partial charge on any atom is -0.354 e. The van der Waals surface area contributed by atoms with Crippen molar-refractivity contribution in [3.8, 4) is 0 Å². The zero-order valence-electron chi connectivity index (χ0n) is 12.9. The van der Waals surface area contributed by atoms with E-state index in [4.69, 9.17) is 0 Å². The average molecular weight is 335 g/mol. The van der Waals surface area contributed by atoms with Crippen LogP contribution in [0.4, 0.5) is 0 Å². The van der Waals surface area contributed by atoms with Gasteiger partial charge in [-0.15, -0.1) is 11.3 Å². The van der Waals surface area contributed by atoms with E-state index in [1.165, 1.54) is 11.3 Å². The number of nitrogens with zero attached hydrogens (tertiary/aromatic N) is 1. The Balaban J connectivity index is 1.40. The zero-order valence-corrected chi connectivity index (χ0v) is 13.7. The van der Waals surface area contributed by atoms with Gasteiger partial charge in [-0.25, -0.2) is 0 Å². The Hall–Kier alpha value is -1.89. The molecule has 0 bridgehead atoms. The van der Waals surface area contributed by atoms with Crippen LogP contribution in [0.1, 0.15) is 35.4 Å². The van der Waals surface area contributed by atoms with Crippen molar-refractivity contribution in [2.24, 2.45) is 5.92 Å². The van der Waals surface area contributed by atoms with Crippen molar-refractivity contribution in [1.82, 2.24) is 15.5 Å². The van der Waals surface area contributed by atoms with E-state index in [0.29, 0.717) is 25.3 Å². The van der Waals surface area contributed by atoms with Gasteiger partial charge in [0.2, 0.25) is 11.8 Å². The molecular formula is C16H21N3O3S. The molecule has 3 heterocycles. The Labute approximate surface area is 139 Å². The average Bonchev–Trinajstić information content (AvgIpc) is 3.24. The predicted octanol–water partition coefficient (Wildman–Crippen LogP) is 0.995. The second kappa shape index (κ2) is 7.12. The number of nitrogens with one attached hydrogen (secondary N) is 2. The molecule has 3 rings (SSSR count).